The van der Waals surface area contributed by atoms with E-state index in [0.717, 1.165) is 0 Å². The Morgan fingerprint density at radius 1 is 0.714 bits per heavy atom. The summed E-state index contributed by atoms with van der Waals surface area (Å²) < 4.78 is 0. The minimum Gasteiger partial charge on any atom is -0.255 e. The lowest BCUT2D eigenvalue weighted by Gasteiger charge is -1.94. The Bertz CT molecular complexity index is 611. The Hall–Kier alpha value is -2.52. The first-order valence-corrected chi connectivity index (χ1v) is 3.41. The molecule has 10 nitrogen and oxygen atoms in total. The maximum Gasteiger partial charge on any atom is 0.365 e. The second kappa shape index (κ2) is 2.48. The minimum absolute atomic E-state index is 0.530. The Labute approximate surface area is 72.8 Å². The number of aromatic nitrogens is 6. The molecule has 0 spiro atoms. The molecule has 0 aliphatic carbocycles. The molecule has 0 amide bonds. The highest BCUT2D eigenvalue weighted by Gasteiger charge is 2.05. The van der Waals surface area contributed by atoms with Crippen LogP contribution in [0.1, 0.15) is 0 Å². The number of H-pyrrole nitrogens is 4. The summed E-state index contributed by atoms with van der Waals surface area (Å²) >= 11 is 0. The molecule has 2 aromatic rings. The van der Waals surface area contributed by atoms with Crippen molar-refractivity contribution in [3.05, 3.63) is 41.9 Å². The average Bonchev–Trinajstić information content (AvgIpc) is 2.55. The molecule has 0 atom stereocenters. The van der Waals surface area contributed by atoms with Crippen LogP contribution in [-0.4, -0.2) is 29.7 Å². The van der Waals surface area contributed by atoms with Crippen molar-refractivity contribution in [1.29, 1.82) is 0 Å². The van der Waals surface area contributed by atoms with Gasteiger partial charge in [-0.1, -0.05) is 0 Å². The summed E-state index contributed by atoms with van der Waals surface area (Å²) in [6.45, 7) is 0. The number of nitrogens with one attached hydrogen (secondary N) is 4. The van der Waals surface area contributed by atoms with Gasteiger partial charge >= 0.3 is 22.8 Å². The molecule has 0 fully saturated rings. The summed E-state index contributed by atoms with van der Waals surface area (Å²) in [5, 5.41) is 3.96. The Morgan fingerprint density at radius 3 is 1.29 bits per heavy atom. The molecule has 2 heterocycles. The van der Waals surface area contributed by atoms with E-state index in [1.54, 1.807) is 0 Å². The van der Waals surface area contributed by atoms with Gasteiger partial charge in [0.2, 0.25) is 0 Å². The molecular weight excluding hydrogens is 196 g/mol. The van der Waals surface area contributed by atoms with Crippen molar-refractivity contribution >= 4 is 0 Å². The third-order valence-electron chi connectivity index (χ3n) is 1.44. The lowest BCUT2D eigenvalue weighted by atomic mass is 11.2. The number of rotatable bonds is 1. The molecule has 0 bridgehead atoms. The topological polar surface area (TPSA) is 141 Å². The molecule has 74 valence electrons. The number of hydrogen-bond acceptors (Lipinski definition) is 4. The van der Waals surface area contributed by atoms with E-state index in [2.05, 4.69) is 0 Å². The minimum atomic E-state index is -0.868. The van der Waals surface area contributed by atoms with Gasteiger partial charge in [-0.05, 0) is 0 Å². The zero-order chi connectivity index (χ0) is 10.3. The Balaban J connectivity index is 2.84. The van der Waals surface area contributed by atoms with E-state index >= 15 is 0 Å². The lowest BCUT2D eigenvalue weighted by molar-refractivity contribution is 0.468. The summed E-state index contributed by atoms with van der Waals surface area (Å²) in [6, 6.07) is 0. The fourth-order valence-corrected chi connectivity index (χ4v) is 0.932. The van der Waals surface area contributed by atoms with Crippen LogP contribution in [0.5, 0.6) is 0 Å². The second-order valence-corrected chi connectivity index (χ2v) is 2.37. The standard InChI is InChI=1S/C4H4N6O4/c11-1-5-3(13)9(7-1)10-4(14)6-2(12)8-10/h(H2,5,7,11,13)(H2,6,8,12,14). The zero-order valence-corrected chi connectivity index (χ0v) is 6.53. The van der Waals surface area contributed by atoms with Crippen LogP contribution in [0.2, 0.25) is 0 Å². The van der Waals surface area contributed by atoms with Crippen LogP contribution in [0.15, 0.2) is 19.2 Å². The highest BCUT2D eigenvalue weighted by atomic mass is 16.2. The van der Waals surface area contributed by atoms with Gasteiger partial charge in [-0.3, -0.25) is 9.97 Å². The first-order valence-electron chi connectivity index (χ1n) is 3.41. The Kier molecular flexibility index (Phi) is 1.44. The van der Waals surface area contributed by atoms with Gasteiger partial charge in [0.1, 0.15) is 0 Å². The van der Waals surface area contributed by atoms with Crippen molar-refractivity contribution in [2.24, 2.45) is 0 Å². The molecule has 0 radical (unpaired) electrons. The highest BCUT2D eigenvalue weighted by Crippen LogP contribution is 1.61. The molecule has 0 aliphatic heterocycles. The molecule has 2 aromatic heterocycles. The fourth-order valence-electron chi connectivity index (χ4n) is 0.932. The van der Waals surface area contributed by atoms with Crippen LogP contribution < -0.4 is 22.8 Å². The molecule has 0 aliphatic rings. The summed E-state index contributed by atoms with van der Waals surface area (Å²) in [7, 11) is 0. The van der Waals surface area contributed by atoms with Gasteiger partial charge < -0.3 is 0 Å². The van der Waals surface area contributed by atoms with Crippen LogP contribution in [-0.2, 0) is 0 Å². The van der Waals surface area contributed by atoms with E-state index in [1.807, 2.05) is 20.2 Å². The van der Waals surface area contributed by atoms with E-state index in [4.69, 9.17) is 0 Å². The van der Waals surface area contributed by atoms with Gasteiger partial charge in [0.25, 0.3) is 0 Å². The number of hydrogen-bond donors (Lipinski definition) is 4. The van der Waals surface area contributed by atoms with Crippen molar-refractivity contribution < 1.29 is 0 Å². The van der Waals surface area contributed by atoms with Gasteiger partial charge in [-0.25, -0.2) is 29.4 Å². The van der Waals surface area contributed by atoms with Crippen LogP contribution in [0.25, 0.3) is 0 Å². The molecule has 0 saturated heterocycles. The van der Waals surface area contributed by atoms with Crippen molar-refractivity contribution in [2.75, 3.05) is 0 Å². The predicted octanol–water partition coefficient (Wildman–Crippen LogP) is -3.65. The Morgan fingerprint density at radius 2 is 1.07 bits per heavy atom. The van der Waals surface area contributed by atoms with Gasteiger partial charge in [0.05, 0.1) is 0 Å². The highest BCUT2D eigenvalue weighted by molar-refractivity contribution is 4.67. The van der Waals surface area contributed by atoms with Gasteiger partial charge in [0.15, 0.2) is 0 Å². The largest absolute Gasteiger partial charge is 0.365 e. The van der Waals surface area contributed by atoms with E-state index in [-0.39, 0.29) is 0 Å². The van der Waals surface area contributed by atoms with Crippen molar-refractivity contribution in [3.63, 3.8) is 0 Å². The maximum atomic E-state index is 11.0. The number of aromatic amines is 4. The van der Waals surface area contributed by atoms with Gasteiger partial charge in [0, 0.05) is 0 Å². The molecule has 0 aromatic carbocycles. The van der Waals surface area contributed by atoms with Crippen LogP contribution in [0.3, 0.4) is 0 Å². The SMILES string of the molecule is O=c1[nH]c(=O)n(-n2[nH]c(=O)[nH]c2=O)[nH]1. The predicted molar refractivity (Wildman–Crippen MR) is 42.1 cm³/mol. The van der Waals surface area contributed by atoms with E-state index in [0.29, 0.717) is 9.58 Å². The fraction of sp³-hybridized carbons (Fsp3) is 0. The van der Waals surface area contributed by atoms with E-state index < -0.39 is 22.8 Å². The lowest BCUT2D eigenvalue weighted by Crippen LogP contribution is -2.34. The van der Waals surface area contributed by atoms with E-state index in [9.17, 15) is 19.2 Å². The summed E-state index contributed by atoms with van der Waals surface area (Å²) in [4.78, 5) is 48.0. The summed E-state index contributed by atoms with van der Waals surface area (Å²) in [5.74, 6) is 0. The average molecular weight is 200 g/mol. The van der Waals surface area contributed by atoms with Gasteiger partial charge in [-0.15, -0.1) is 9.58 Å². The second-order valence-electron chi connectivity index (χ2n) is 2.37. The molecule has 0 saturated carbocycles. The molecule has 4 N–H and O–H groups in total. The molecule has 0 unspecified atom stereocenters. The van der Waals surface area contributed by atoms with E-state index in [1.165, 1.54) is 0 Å². The maximum absolute atomic E-state index is 11.0. The zero-order valence-electron chi connectivity index (χ0n) is 6.53. The molecule has 10 heteroatoms. The third kappa shape index (κ3) is 1.05. The first kappa shape index (κ1) is 8.10. The van der Waals surface area contributed by atoms with Crippen molar-refractivity contribution in [1.82, 2.24) is 29.7 Å². The first-order chi connectivity index (χ1) is 6.58. The molecule has 14 heavy (non-hydrogen) atoms. The van der Waals surface area contributed by atoms with Crippen LogP contribution in [0.4, 0.5) is 0 Å². The van der Waals surface area contributed by atoms with Crippen LogP contribution >= 0.6 is 0 Å². The number of nitrogens with zero attached hydrogens (tertiary/aromatic N) is 2. The molecule has 2 rings (SSSR count). The monoisotopic (exact) mass is 200 g/mol. The quantitative estimate of drug-likeness (QED) is 0.376. The smallest absolute Gasteiger partial charge is 0.255 e. The van der Waals surface area contributed by atoms with Crippen molar-refractivity contribution in [2.45, 2.75) is 0 Å². The van der Waals surface area contributed by atoms with Crippen molar-refractivity contribution in [3.8, 4) is 0 Å². The van der Waals surface area contributed by atoms with Crippen LogP contribution in [0, 0.1) is 0 Å². The molecular formula is C4H4N6O4. The summed E-state index contributed by atoms with van der Waals surface area (Å²) in [6.07, 6.45) is 0. The summed E-state index contributed by atoms with van der Waals surface area (Å²) in [5.41, 5.74) is -3.31. The third-order valence-corrected chi connectivity index (χ3v) is 1.44. The van der Waals surface area contributed by atoms with Gasteiger partial charge in [-0.2, -0.15) is 0 Å². The normalized spacial score (nSPS) is 10.6.